The van der Waals surface area contributed by atoms with Gasteiger partial charge in [0.2, 0.25) is 21.8 Å². The summed E-state index contributed by atoms with van der Waals surface area (Å²) in [6.07, 6.45) is 4.89. The van der Waals surface area contributed by atoms with Crippen LogP contribution in [0.2, 0.25) is 0 Å². The fourth-order valence-electron chi connectivity index (χ4n) is 4.63. The Hall–Kier alpha value is -2.65. The minimum atomic E-state index is -3.62. The van der Waals surface area contributed by atoms with Crippen LogP contribution in [0.15, 0.2) is 45.9 Å². The van der Waals surface area contributed by atoms with E-state index >= 15 is 0 Å². The Bertz CT molecular complexity index is 1130. The normalized spacial score (nSPS) is 19.4. The van der Waals surface area contributed by atoms with Crippen molar-refractivity contribution in [2.75, 3.05) is 24.5 Å². The van der Waals surface area contributed by atoms with E-state index in [4.69, 9.17) is 4.42 Å². The second-order valence-corrected chi connectivity index (χ2v) is 11.3. The number of nitrogens with one attached hydrogen (secondary N) is 1. The molecule has 1 fully saturated rings. The van der Waals surface area contributed by atoms with Crippen LogP contribution in [0.1, 0.15) is 51.4 Å². The maximum absolute atomic E-state index is 13.2. The van der Waals surface area contributed by atoms with Gasteiger partial charge in [-0.05, 0) is 69.5 Å². The van der Waals surface area contributed by atoms with E-state index in [-0.39, 0.29) is 29.3 Å². The molecule has 8 nitrogen and oxygen atoms in total. The van der Waals surface area contributed by atoms with Gasteiger partial charge in [0.15, 0.2) is 0 Å². The summed E-state index contributed by atoms with van der Waals surface area (Å²) in [4.78, 5) is 27.5. The summed E-state index contributed by atoms with van der Waals surface area (Å²) in [5.41, 5.74) is 0.279. The first kappa shape index (κ1) is 23.5. The highest BCUT2D eigenvalue weighted by Crippen LogP contribution is 2.42. The zero-order valence-electron chi connectivity index (χ0n) is 19.3. The number of nitrogens with zero attached hydrogens (tertiary/aromatic N) is 2. The Morgan fingerprint density at radius 1 is 1.18 bits per heavy atom. The first-order valence-electron chi connectivity index (χ1n) is 11.4. The first-order valence-corrected chi connectivity index (χ1v) is 12.8. The van der Waals surface area contributed by atoms with E-state index in [1.807, 2.05) is 13.0 Å². The number of fused-ring (bicyclic) bond motifs is 1. The predicted molar refractivity (Wildman–Crippen MR) is 124 cm³/mol. The minimum Gasteiger partial charge on any atom is -0.469 e. The lowest BCUT2D eigenvalue weighted by atomic mass is 9.86. The van der Waals surface area contributed by atoms with Crippen LogP contribution in [0, 0.1) is 0 Å². The molecule has 0 spiro atoms. The molecule has 3 heterocycles. The first-order chi connectivity index (χ1) is 15.6. The average molecular weight is 474 g/mol. The highest BCUT2D eigenvalue weighted by Gasteiger charge is 2.45. The van der Waals surface area contributed by atoms with Gasteiger partial charge in [-0.3, -0.25) is 9.59 Å². The molecule has 1 saturated heterocycles. The molecule has 4 rings (SSSR count). The summed E-state index contributed by atoms with van der Waals surface area (Å²) in [5.74, 6) is 0.268. The van der Waals surface area contributed by atoms with Gasteiger partial charge in [0.1, 0.15) is 12.3 Å². The number of carbonyl (C=O) groups is 2. The van der Waals surface area contributed by atoms with E-state index in [1.54, 1.807) is 44.4 Å². The van der Waals surface area contributed by atoms with E-state index in [2.05, 4.69) is 5.32 Å². The van der Waals surface area contributed by atoms with Crippen molar-refractivity contribution < 1.29 is 22.4 Å². The van der Waals surface area contributed by atoms with Gasteiger partial charge >= 0.3 is 0 Å². The second kappa shape index (κ2) is 8.95. The van der Waals surface area contributed by atoms with Crippen molar-refractivity contribution in [2.45, 2.75) is 62.8 Å². The van der Waals surface area contributed by atoms with Crippen LogP contribution < -0.4 is 10.2 Å². The molecule has 0 saturated carbocycles. The SMILES string of the molecule is CC(Cc1ccco1)NC(=O)CN1C(=O)C(C)(C)c2cc(S(=O)(=O)N3CCCCC3)ccc21. The number of piperidine rings is 1. The lowest BCUT2D eigenvalue weighted by Crippen LogP contribution is -2.45. The maximum Gasteiger partial charge on any atom is 0.243 e. The maximum atomic E-state index is 13.2. The van der Waals surface area contributed by atoms with Gasteiger partial charge in [0.25, 0.3) is 0 Å². The second-order valence-electron chi connectivity index (χ2n) is 9.41. The molecule has 2 amide bonds. The van der Waals surface area contributed by atoms with Crippen LogP contribution in [0.4, 0.5) is 5.69 Å². The summed E-state index contributed by atoms with van der Waals surface area (Å²) in [7, 11) is -3.62. The fraction of sp³-hybridized carbons (Fsp3) is 0.500. The van der Waals surface area contributed by atoms with Crippen LogP contribution in [0.5, 0.6) is 0 Å². The third-order valence-electron chi connectivity index (χ3n) is 6.46. The number of benzene rings is 1. The Morgan fingerprint density at radius 2 is 1.91 bits per heavy atom. The molecule has 0 aliphatic carbocycles. The molecule has 9 heteroatoms. The summed E-state index contributed by atoms with van der Waals surface area (Å²) >= 11 is 0. The van der Waals surface area contributed by atoms with Gasteiger partial charge in [0, 0.05) is 31.2 Å². The predicted octanol–water partition coefficient (Wildman–Crippen LogP) is 2.83. The molecule has 2 aliphatic rings. The number of amides is 2. The summed E-state index contributed by atoms with van der Waals surface area (Å²) < 4.78 is 33.1. The van der Waals surface area contributed by atoms with Gasteiger partial charge in [-0.15, -0.1) is 0 Å². The number of anilines is 1. The zero-order chi connectivity index (χ0) is 23.8. The van der Waals surface area contributed by atoms with E-state index < -0.39 is 15.4 Å². The van der Waals surface area contributed by atoms with Crippen LogP contribution in [-0.4, -0.2) is 50.2 Å². The van der Waals surface area contributed by atoms with E-state index in [1.165, 1.54) is 9.21 Å². The van der Waals surface area contributed by atoms with Gasteiger partial charge < -0.3 is 14.6 Å². The highest BCUT2D eigenvalue weighted by atomic mass is 32.2. The number of hydrogen-bond acceptors (Lipinski definition) is 5. The van der Waals surface area contributed by atoms with Crippen molar-refractivity contribution in [3.63, 3.8) is 0 Å². The Morgan fingerprint density at radius 3 is 2.58 bits per heavy atom. The van der Waals surface area contributed by atoms with Gasteiger partial charge in [-0.2, -0.15) is 4.31 Å². The van der Waals surface area contributed by atoms with Crippen molar-refractivity contribution in [3.8, 4) is 0 Å². The summed E-state index contributed by atoms with van der Waals surface area (Å²) in [6, 6.07) is 8.28. The number of furan rings is 1. The molecule has 1 unspecified atom stereocenters. The molecular formula is C24H31N3O5S. The molecule has 1 N–H and O–H groups in total. The molecule has 2 aliphatic heterocycles. The smallest absolute Gasteiger partial charge is 0.243 e. The largest absolute Gasteiger partial charge is 0.469 e. The van der Waals surface area contributed by atoms with Crippen molar-refractivity contribution in [3.05, 3.63) is 47.9 Å². The van der Waals surface area contributed by atoms with E-state index in [0.717, 1.165) is 25.0 Å². The van der Waals surface area contributed by atoms with Crippen LogP contribution >= 0.6 is 0 Å². The standard InChI is InChI=1S/C24H31N3O5S/c1-17(14-18-8-7-13-32-18)25-22(28)16-27-21-10-9-19(15-20(21)24(2,3)23(27)29)33(30,31)26-11-5-4-6-12-26/h7-10,13,15,17H,4-6,11-12,14,16H2,1-3H3,(H,25,28). The Balaban J connectivity index is 1.53. The zero-order valence-corrected chi connectivity index (χ0v) is 20.2. The molecule has 1 atom stereocenters. The van der Waals surface area contributed by atoms with Crippen molar-refractivity contribution >= 4 is 27.5 Å². The lowest BCUT2D eigenvalue weighted by molar-refractivity contribution is -0.125. The number of sulfonamides is 1. The molecule has 0 bridgehead atoms. The van der Waals surface area contributed by atoms with E-state index in [0.29, 0.717) is 30.8 Å². The van der Waals surface area contributed by atoms with Gasteiger partial charge in [0.05, 0.1) is 16.6 Å². The minimum absolute atomic E-state index is 0.129. The summed E-state index contributed by atoms with van der Waals surface area (Å²) in [6.45, 7) is 6.32. The highest BCUT2D eigenvalue weighted by molar-refractivity contribution is 7.89. The topological polar surface area (TPSA) is 99.9 Å². The monoisotopic (exact) mass is 473 g/mol. The lowest BCUT2D eigenvalue weighted by Gasteiger charge is -2.26. The number of hydrogen-bond donors (Lipinski definition) is 1. The Labute approximate surface area is 195 Å². The van der Waals surface area contributed by atoms with E-state index in [9.17, 15) is 18.0 Å². The third kappa shape index (κ3) is 4.56. The average Bonchev–Trinajstić information content (AvgIpc) is 3.35. The number of rotatable bonds is 7. The molecule has 2 aromatic rings. The van der Waals surface area contributed by atoms with Gasteiger partial charge in [-0.1, -0.05) is 6.42 Å². The van der Waals surface area contributed by atoms with Gasteiger partial charge in [-0.25, -0.2) is 8.42 Å². The van der Waals surface area contributed by atoms with Crippen molar-refractivity contribution in [2.24, 2.45) is 0 Å². The van der Waals surface area contributed by atoms with Crippen LogP contribution in [0.25, 0.3) is 0 Å². The molecule has 33 heavy (non-hydrogen) atoms. The quantitative estimate of drug-likeness (QED) is 0.667. The number of carbonyl (C=O) groups excluding carboxylic acids is 2. The molecule has 1 aromatic carbocycles. The molecule has 0 radical (unpaired) electrons. The van der Waals surface area contributed by atoms with Crippen molar-refractivity contribution in [1.29, 1.82) is 0 Å². The van der Waals surface area contributed by atoms with Crippen molar-refractivity contribution in [1.82, 2.24) is 9.62 Å². The van der Waals surface area contributed by atoms with Crippen LogP contribution in [0.3, 0.4) is 0 Å². The Kier molecular flexibility index (Phi) is 6.37. The molecular weight excluding hydrogens is 442 g/mol. The fourth-order valence-corrected chi connectivity index (χ4v) is 6.17. The van der Waals surface area contributed by atoms with Crippen LogP contribution in [-0.2, 0) is 31.4 Å². The summed E-state index contributed by atoms with van der Waals surface area (Å²) in [5, 5.41) is 2.91. The third-order valence-corrected chi connectivity index (χ3v) is 8.36. The molecule has 1 aromatic heterocycles. The molecule has 178 valence electrons.